The van der Waals surface area contributed by atoms with Gasteiger partial charge in [0.15, 0.2) is 0 Å². The van der Waals surface area contributed by atoms with Gasteiger partial charge in [-0.05, 0) is 26.7 Å². The van der Waals surface area contributed by atoms with E-state index in [1.54, 1.807) is 0 Å². The number of rotatable bonds is 4. The van der Waals surface area contributed by atoms with E-state index in [0.29, 0.717) is 17.9 Å². The summed E-state index contributed by atoms with van der Waals surface area (Å²) in [5.41, 5.74) is 6.05. The Morgan fingerprint density at radius 2 is 1.80 bits per heavy atom. The number of nitrogens with one attached hydrogen (secondary N) is 2. The molecule has 20 heavy (non-hydrogen) atoms. The van der Waals surface area contributed by atoms with Crippen LogP contribution < -0.4 is 16.7 Å². The summed E-state index contributed by atoms with van der Waals surface area (Å²) >= 11 is 0. The summed E-state index contributed by atoms with van der Waals surface area (Å²) in [6.07, 6.45) is 3.71. The summed E-state index contributed by atoms with van der Waals surface area (Å²) in [5.74, 6) is 7.99. The molecule has 1 aromatic heterocycles. The predicted octanol–water partition coefficient (Wildman–Crippen LogP) is 2.48. The van der Waals surface area contributed by atoms with E-state index in [0.717, 1.165) is 11.6 Å². The molecule has 2 heterocycles. The molecular formula is C14H26N6. The van der Waals surface area contributed by atoms with E-state index in [-0.39, 0.29) is 5.92 Å². The third kappa shape index (κ3) is 3.37. The van der Waals surface area contributed by atoms with Crippen LogP contribution in [0.5, 0.6) is 0 Å². The minimum atomic E-state index is 0.264. The molecule has 0 aromatic carbocycles. The lowest BCUT2D eigenvalue weighted by atomic mass is 10.00. The van der Waals surface area contributed by atoms with Crippen LogP contribution in [-0.2, 0) is 0 Å². The fourth-order valence-electron chi connectivity index (χ4n) is 2.63. The van der Waals surface area contributed by atoms with Crippen molar-refractivity contribution in [3.8, 4) is 0 Å². The lowest BCUT2D eigenvalue weighted by Gasteiger charge is -2.39. The van der Waals surface area contributed by atoms with Crippen molar-refractivity contribution in [2.75, 3.05) is 10.9 Å². The second-order valence-electron chi connectivity index (χ2n) is 5.94. The van der Waals surface area contributed by atoms with Crippen LogP contribution in [0.3, 0.4) is 0 Å². The molecule has 0 bridgehead atoms. The van der Waals surface area contributed by atoms with Crippen molar-refractivity contribution in [1.82, 2.24) is 15.0 Å². The Balaban J connectivity index is 2.21. The molecule has 2 unspecified atom stereocenters. The Bertz CT molecular complexity index is 437. The summed E-state index contributed by atoms with van der Waals surface area (Å²) in [5, 5.41) is 2.29. The van der Waals surface area contributed by atoms with Gasteiger partial charge in [-0.3, -0.25) is 0 Å². The largest absolute Gasteiger partial charge is 0.308 e. The molecule has 2 rings (SSSR count). The van der Waals surface area contributed by atoms with E-state index < -0.39 is 0 Å². The van der Waals surface area contributed by atoms with Crippen molar-refractivity contribution in [2.45, 2.75) is 65.0 Å². The summed E-state index contributed by atoms with van der Waals surface area (Å²) in [7, 11) is 0. The van der Waals surface area contributed by atoms with Gasteiger partial charge < -0.3 is 10.9 Å². The van der Waals surface area contributed by atoms with Gasteiger partial charge in [-0.25, -0.2) is 20.8 Å². The molecule has 112 valence electrons. The summed E-state index contributed by atoms with van der Waals surface area (Å²) in [6, 6.07) is 2.86. The van der Waals surface area contributed by atoms with E-state index in [2.05, 4.69) is 53.5 Å². The van der Waals surface area contributed by atoms with Gasteiger partial charge in [0, 0.05) is 24.1 Å². The van der Waals surface area contributed by atoms with E-state index in [9.17, 15) is 0 Å². The number of nitrogen functional groups attached to an aromatic ring is 1. The van der Waals surface area contributed by atoms with Crippen molar-refractivity contribution < 1.29 is 0 Å². The number of piperidine rings is 1. The molecule has 4 N–H and O–H groups in total. The standard InChI is InChI=1S/C14H26N6/c1-9(2)14-16-12(18-15)8-13(17-14)19-20-10(3)6-5-7-11(20)4/h8-11H,5-7,15H2,1-4H3,(H2,16,17,18,19). The smallest absolute Gasteiger partial charge is 0.146 e. The molecule has 1 aromatic rings. The Morgan fingerprint density at radius 1 is 1.20 bits per heavy atom. The van der Waals surface area contributed by atoms with Crippen molar-refractivity contribution in [3.63, 3.8) is 0 Å². The fraction of sp³-hybridized carbons (Fsp3) is 0.714. The molecule has 0 aliphatic carbocycles. The highest BCUT2D eigenvalue weighted by Crippen LogP contribution is 2.24. The molecular weight excluding hydrogens is 252 g/mol. The summed E-state index contributed by atoms with van der Waals surface area (Å²) in [4.78, 5) is 8.96. The Morgan fingerprint density at radius 3 is 2.35 bits per heavy atom. The third-order valence-corrected chi connectivity index (χ3v) is 3.84. The number of anilines is 2. The first-order valence-electron chi connectivity index (χ1n) is 7.42. The van der Waals surface area contributed by atoms with Crippen LogP contribution in [0.25, 0.3) is 0 Å². The maximum Gasteiger partial charge on any atom is 0.146 e. The second kappa shape index (κ2) is 6.37. The molecule has 1 aliphatic rings. The van der Waals surface area contributed by atoms with Gasteiger partial charge in [0.05, 0.1) is 0 Å². The minimum Gasteiger partial charge on any atom is -0.308 e. The molecule has 0 amide bonds. The molecule has 2 atom stereocenters. The number of nitrogens with two attached hydrogens (primary N) is 1. The predicted molar refractivity (Wildman–Crippen MR) is 82.2 cm³/mol. The van der Waals surface area contributed by atoms with Gasteiger partial charge >= 0.3 is 0 Å². The number of nitrogens with zero attached hydrogens (tertiary/aromatic N) is 3. The maximum atomic E-state index is 5.49. The molecule has 1 fully saturated rings. The van der Waals surface area contributed by atoms with Crippen molar-refractivity contribution in [2.24, 2.45) is 5.84 Å². The molecule has 0 radical (unpaired) electrons. The van der Waals surface area contributed by atoms with Gasteiger partial charge in [0.1, 0.15) is 17.5 Å². The zero-order chi connectivity index (χ0) is 14.7. The Labute approximate surface area is 121 Å². The van der Waals surface area contributed by atoms with Crippen LogP contribution >= 0.6 is 0 Å². The summed E-state index contributed by atoms with van der Waals surface area (Å²) in [6.45, 7) is 8.64. The first-order chi connectivity index (χ1) is 9.51. The maximum absolute atomic E-state index is 5.49. The highest BCUT2D eigenvalue weighted by molar-refractivity contribution is 5.46. The summed E-state index contributed by atoms with van der Waals surface area (Å²) < 4.78 is 0. The average Bonchev–Trinajstić information content (AvgIpc) is 2.42. The van der Waals surface area contributed by atoms with E-state index in [1.165, 1.54) is 19.3 Å². The topological polar surface area (TPSA) is 79.1 Å². The van der Waals surface area contributed by atoms with Gasteiger partial charge in [-0.2, -0.15) is 0 Å². The first kappa shape index (κ1) is 15.0. The van der Waals surface area contributed by atoms with Crippen LogP contribution in [0.4, 0.5) is 11.6 Å². The van der Waals surface area contributed by atoms with E-state index >= 15 is 0 Å². The third-order valence-electron chi connectivity index (χ3n) is 3.84. The zero-order valence-electron chi connectivity index (χ0n) is 12.8. The highest BCUT2D eigenvalue weighted by atomic mass is 15.5. The van der Waals surface area contributed by atoms with Crippen LogP contribution in [0.2, 0.25) is 0 Å². The highest BCUT2D eigenvalue weighted by Gasteiger charge is 2.25. The van der Waals surface area contributed by atoms with Gasteiger partial charge in [0.2, 0.25) is 0 Å². The molecule has 1 aliphatic heterocycles. The van der Waals surface area contributed by atoms with E-state index in [4.69, 9.17) is 5.84 Å². The van der Waals surface area contributed by atoms with Gasteiger partial charge in [-0.1, -0.05) is 20.3 Å². The number of hydrazine groups is 2. The molecule has 0 saturated carbocycles. The minimum absolute atomic E-state index is 0.264. The van der Waals surface area contributed by atoms with E-state index in [1.807, 2.05) is 6.07 Å². The van der Waals surface area contributed by atoms with Crippen molar-refractivity contribution in [3.05, 3.63) is 11.9 Å². The van der Waals surface area contributed by atoms with Gasteiger partial charge in [0.25, 0.3) is 0 Å². The Kier molecular flexibility index (Phi) is 4.77. The molecule has 6 heteroatoms. The molecule has 6 nitrogen and oxygen atoms in total. The van der Waals surface area contributed by atoms with Crippen LogP contribution in [0.15, 0.2) is 6.07 Å². The molecule has 0 spiro atoms. The quantitative estimate of drug-likeness (QED) is 0.580. The van der Waals surface area contributed by atoms with Crippen molar-refractivity contribution >= 4 is 11.6 Å². The lowest BCUT2D eigenvalue weighted by Crippen LogP contribution is -2.47. The molecule has 1 saturated heterocycles. The average molecular weight is 278 g/mol. The normalized spacial score (nSPS) is 23.9. The number of hydrogen-bond donors (Lipinski definition) is 3. The van der Waals surface area contributed by atoms with Gasteiger partial charge in [-0.15, -0.1) is 0 Å². The first-order valence-corrected chi connectivity index (χ1v) is 7.42. The zero-order valence-corrected chi connectivity index (χ0v) is 12.8. The van der Waals surface area contributed by atoms with Crippen molar-refractivity contribution in [1.29, 1.82) is 0 Å². The van der Waals surface area contributed by atoms with Crippen LogP contribution in [0.1, 0.15) is 58.7 Å². The second-order valence-corrected chi connectivity index (χ2v) is 5.94. The lowest BCUT2D eigenvalue weighted by molar-refractivity contribution is 0.135. The SMILES string of the molecule is CC(C)c1nc(NN)cc(NN2C(C)CCCC2C)n1. The Hall–Kier alpha value is -1.40. The monoisotopic (exact) mass is 278 g/mol. The fourth-order valence-corrected chi connectivity index (χ4v) is 2.63. The number of hydrogen-bond acceptors (Lipinski definition) is 6. The van der Waals surface area contributed by atoms with Crippen LogP contribution in [0, 0.1) is 0 Å². The van der Waals surface area contributed by atoms with Crippen LogP contribution in [-0.4, -0.2) is 27.1 Å². The number of aromatic nitrogens is 2.